The number of rotatable bonds is 5. The first-order valence-corrected chi connectivity index (χ1v) is 6.15. The first-order valence-electron chi connectivity index (χ1n) is 6.15. The maximum absolute atomic E-state index is 11.8. The number of carbonyl (C=O) groups excluding carboxylic acids is 1. The lowest BCUT2D eigenvalue weighted by Gasteiger charge is -2.29. The summed E-state index contributed by atoms with van der Waals surface area (Å²) in [5.74, 6) is -0.0577. The monoisotopic (exact) mass is 250 g/mol. The minimum absolute atomic E-state index is 0.0577. The maximum atomic E-state index is 11.8. The van der Waals surface area contributed by atoms with Crippen molar-refractivity contribution >= 4 is 11.6 Å². The Bertz CT molecular complexity index is 397. The second-order valence-electron chi connectivity index (χ2n) is 5.19. The number of amides is 1. The number of nitrogen functional groups attached to an aromatic ring is 1. The molecule has 4 heteroatoms. The molecule has 0 spiro atoms. The molecule has 1 amide bonds. The van der Waals surface area contributed by atoms with Gasteiger partial charge in [0.15, 0.2) is 0 Å². The van der Waals surface area contributed by atoms with Crippen LogP contribution in [0.15, 0.2) is 24.3 Å². The van der Waals surface area contributed by atoms with Crippen LogP contribution in [0, 0.1) is 0 Å². The van der Waals surface area contributed by atoms with Crippen LogP contribution in [0.4, 0.5) is 5.69 Å². The quantitative estimate of drug-likeness (QED) is 0.693. The van der Waals surface area contributed by atoms with Crippen LogP contribution in [0.25, 0.3) is 0 Å². The van der Waals surface area contributed by atoms with Crippen LogP contribution < -0.4 is 11.1 Å². The molecule has 0 aromatic heterocycles. The summed E-state index contributed by atoms with van der Waals surface area (Å²) in [4.78, 5) is 11.8. The highest BCUT2D eigenvalue weighted by atomic mass is 16.3. The lowest BCUT2D eigenvalue weighted by molar-refractivity contribution is -0.123. The number of carbonyl (C=O) groups is 1. The fourth-order valence-electron chi connectivity index (χ4n) is 1.47. The van der Waals surface area contributed by atoms with Gasteiger partial charge in [-0.05, 0) is 44.9 Å². The molecule has 18 heavy (non-hydrogen) atoms. The van der Waals surface area contributed by atoms with Crippen molar-refractivity contribution in [2.75, 3.05) is 5.73 Å². The number of anilines is 1. The third-order valence-electron chi connectivity index (χ3n) is 3.13. The Morgan fingerprint density at radius 1 is 1.39 bits per heavy atom. The Balaban J connectivity index is 2.44. The van der Waals surface area contributed by atoms with Crippen LogP contribution in [0.2, 0.25) is 0 Å². The van der Waals surface area contributed by atoms with Crippen molar-refractivity contribution in [1.29, 1.82) is 0 Å². The van der Waals surface area contributed by atoms with Crippen LogP contribution >= 0.6 is 0 Å². The molecule has 100 valence electrons. The van der Waals surface area contributed by atoms with E-state index in [2.05, 4.69) is 5.32 Å². The molecule has 0 saturated heterocycles. The Kier molecular flexibility index (Phi) is 4.73. The van der Waals surface area contributed by atoms with Gasteiger partial charge in [-0.15, -0.1) is 0 Å². The van der Waals surface area contributed by atoms with Crippen LogP contribution in [0.1, 0.15) is 32.8 Å². The van der Waals surface area contributed by atoms with E-state index in [1.54, 1.807) is 20.8 Å². The second kappa shape index (κ2) is 5.87. The van der Waals surface area contributed by atoms with Gasteiger partial charge in [0.2, 0.25) is 5.91 Å². The molecule has 4 nitrogen and oxygen atoms in total. The molecule has 1 aromatic rings. The number of aryl methyl sites for hydroxylation is 1. The molecule has 0 radical (unpaired) electrons. The summed E-state index contributed by atoms with van der Waals surface area (Å²) in [7, 11) is 0. The minimum Gasteiger partial charge on any atom is -0.399 e. The van der Waals surface area contributed by atoms with Crippen molar-refractivity contribution in [2.45, 2.75) is 45.3 Å². The molecular formula is C14H22N2O2. The predicted molar refractivity (Wildman–Crippen MR) is 73.1 cm³/mol. The van der Waals surface area contributed by atoms with Crippen molar-refractivity contribution in [2.24, 2.45) is 0 Å². The van der Waals surface area contributed by atoms with Gasteiger partial charge in [-0.1, -0.05) is 12.1 Å². The molecule has 1 unspecified atom stereocenters. The molecule has 0 fully saturated rings. The molecule has 0 aliphatic carbocycles. The van der Waals surface area contributed by atoms with E-state index in [0.29, 0.717) is 12.8 Å². The van der Waals surface area contributed by atoms with Crippen LogP contribution in [-0.2, 0) is 11.2 Å². The van der Waals surface area contributed by atoms with Gasteiger partial charge in [-0.25, -0.2) is 0 Å². The Morgan fingerprint density at radius 3 is 2.44 bits per heavy atom. The first kappa shape index (κ1) is 14.5. The average molecular weight is 250 g/mol. The van der Waals surface area contributed by atoms with Crippen molar-refractivity contribution in [1.82, 2.24) is 5.32 Å². The molecule has 1 aromatic carbocycles. The molecule has 0 aliphatic heterocycles. The molecule has 1 atom stereocenters. The highest BCUT2D eigenvalue weighted by molar-refractivity contribution is 5.77. The van der Waals surface area contributed by atoms with Crippen molar-refractivity contribution in [3.05, 3.63) is 29.8 Å². The molecule has 0 aliphatic rings. The largest absolute Gasteiger partial charge is 0.399 e. The van der Waals surface area contributed by atoms with Gasteiger partial charge in [0.25, 0.3) is 0 Å². The zero-order valence-electron chi connectivity index (χ0n) is 11.2. The highest BCUT2D eigenvalue weighted by Gasteiger charge is 2.25. The summed E-state index contributed by atoms with van der Waals surface area (Å²) < 4.78 is 0. The van der Waals surface area contributed by atoms with Gasteiger partial charge in [0.1, 0.15) is 0 Å². The first-order chi connectivity index (χ1) is 8.31. The van der Waals surface area contributed by atoms with Crippen molar-refractivity contribution in [3.63, 3.8) is 0 Å². The van der Waals surface area contributed by atoms with Gasteiger partial charge < -0.3 is 16.2 Å². The molecule has 0 bridgehead atoms. The van der Waals surface area contributed by atoms with Gasteiger partial charge in [-0.2, -0.15) is 0 Å². The second-order valence-corrected chi connectivity index (χ2v) is 5.19. The lowest BCUT2D eigenvalue weighted by atomic mass is 9.98. The topological polar surface area (TPSA) is 75.3 Å². The zero-order chi connectivity index (χ0) is 13.8. The Morgan fingerprint density at radius 2 is 1.94 bits per heavy atom. The van der Waals surface area contributed by atoms with Gasteiger partial charge in [-0.3, -0.25) is 4.79 Å². The van der Waals surface area contributed by atoms with E-state index >= 15 is 0 Å². The predicted octanol–water partition coefficient (Wildman–Crippen LogP) is 1.48. The summed E-state index contributed by atoms with van der Waals surface area (Å²) in [6.45, 7) is 5.28. The minimum atomic E-state index is -0.599. The summed E-state index contributed by atoms with van der Waals surface area (Å²) in [5, 5.41) is 12.3. The molecule has 4 N–H and O–H groups in total. The summed E-state index contributed by atoms with van der Waals surface area (Å²) >= 11 is 0. The lowest BCUT2D eigenvalue weighted by Crippen LogP contribution is -2.51. The number of aliphatic hydroxyl groups is 1. The van der Waals surface area contributed by atoms with Gasteiger partial charge >= 0.3 is 0 Å². The third kappa shape index (κ3) is 4.37. The van der Waals surface area contributed by atoms with Crippen molar-refractivity contribution < 1.29 is 9.90 Å². The number of hydrogen-bond acceptors (Lipinski definition) is 3. The smallest absolute Gasteiger partial charge is 0.220 e. The van der Waals surface area contributed by atoms with Crippen LogP contribution in [0.5, 0.6) is 0 Å². The molecule has 1 rings (SSSR count). The molecule has 0 saturated carbocycles. The molecule has 0 heterocycles. The van der Waals surface area contributed by atoms with E-state index in [1.807, 2.05) is 24.3 Å². The maximum Gasteiger partial charge on any atom is 0.220 e. The number of nitrogens with two attached hydrogens (primary N) is 1. The van der Waals surface area contributed by atoms with Gasteiger partial charge in [0, 0.05) is 12.1 Å². The van der Waals surface area contributed by atoms with Crippen LogP contribution in [-0.4, -0.2) is 22.7 Å². The standard InChI is InChI=1S/C14H22N2O2/c1-10(17)14(2,3)16-13(18)9-6-11-4-7-12(15)8-5-11/h4-5,7-8,10,17H,6,9,15H2,1-3H3,(H,16,18). The number of nitrogens with one attached hydrogen (secondary N) is 1. The fourth-order valence-corrected chi connectivity index (χ4v) is 1.47. The number of aliphatic hydroxyl groups excluding tert-OH is 1. The number of benzene rings is 1. The van der Waals surface area contributed by atoms with E-state index in [0.717, 1.165) is 11.3 Å². The van der Waals surface area contributed by atoms with E-state index in [9.17, 15) is 9.90 Å². The van der Waals surface area contributed by atoms with Crippen molar-refractivity contribution in [3.8, 4) is 0 Å². The molecular weight excluding hydrogens is 228 g/mol. The average Bonchev–Trinajstić information content (AvgIpc) is 2.27. The van der Waals surface area contributed by atoms with E-state index in [1.165, 1.54) is 0 Å². The fraction of sp³-hybridized carbons (Fsp3) is 0.500. The summed E-state index contributed by atoms with van der Waals surface area (Å²) in [6, 6.07) is 7.49. The number of hydrogen-bond donors (Lipinski definition) is 3. The van der Waals surface area contributed by atoms with E-state index in [-0.39, 0.29) is 5.91 Å². The summed E-state index contributed by atoms with van der Waals surface area (Å²) in [5.41, 5.74) is 6.79. The Labute approximate surface area is 108 Å². The van der Waals surface area contributed by atoms with Crippen LogP contribution in [0.3, 0.4) is 0 Å². The zero-order valence-corrected chi connectivity index (χ0v) is 11.2. The summed E-state index contributed by atoms with van der Waals surface area (Å²) in [6.07, 6.45) is 0.486. The third-order valence-corrected chi connectivity index (χ3v) is 3.13. The normalized spacial score (nSPS) is 13.1. The van der Waals surface area contributed by atoms with Gasteiger partial charge in [0.05, 0.1) is 11.6 Å². The Hall–Kier alpha value is -1.55. The van der Waals surface area contributed by atoms with E-state index < -0.39 is 11.6 Å². The highest BCUT2D eigenvalue weighted by Crippen LogP contribution is 2.11. The SMILES string of the molecule is CC(O)C(C)(C)NC(=O)CCc1ccc(N)cc1. The van der Waals surface area contributed by atoms with E-state index in [4.69, 9.17) is 5.73 Å².